The van der Waals surface area contributed by atoms with Crippen molar-refractivity contribution < 1.29 is 9.53 Å². The molecule has 0 aliphatic rings. The van der Waals surface area contributed by atoms with Gasteiger partial charge in [0.15, 0.2) is 5.15 Å². The Morgan fingerprint density at radius 2 is 2.28 bits per heavy atom. The fourth-order valence-electron chi connectivity index (χ4n) is 1.32. The van der Waals surface area contributed by atoms with Crippen LogP contribution in [-0.4, -0.2) is 35.2 Å². The number of carbonyl (C=O) groups excluding carboxylic acids is 1. The monoisotopic (exact) mass is 293 g/mol. The van der Waals surface area contributed by atoms with Crippen LogP contribution >= 0.6 is 23.2 Å². The van der Waals surface area contributed by atoms with Crippen molar-refractivity contribution in [3.8, 4) is 0 Å². The third kappa shape index (κ3) is 3.97. The van der Waals surface area contributed by atoms with Gasteiger partial charge in [-0.25, -0.2) is 4.98 Å². The fourth-order valence-corrected chi connectivity index (χ4v) is 1.61. The molecule has 1 unspecified atom stereocenters. The van der Waals surface area contributed by atoms with Gasteiger partial charge in [-0.05, 0) is 6.92 Å². The van der Waals surface area contributed by atoms with Crippen LogP contribution in [0, 0.1) is 0 Å². The maximum atomic E-state index is 11.6. The third-order valence-corrected chi connectivity index (χ3v) is 2.80. The highest BCUT2D eigenvalue weighted by Gasteiger charge is 2.12. The van der Waals surface area contributed by atoms with Crippen molar-refractivity contribution >= 4 is 29.1 Å². The van der Waals surface area contributed by atoms with Gasteiger partial charge in [0.25, 0.3) is 5.56 Å². The van der Waals surface area contributed by atoms with Crippen molar-refractivity contribution in [1.82, 2.24) is 14.9 Å². The number of carbonyl (C=O) groups is 1. The second kappa shape index (κ2) is 6.72. The number of hydrogen-bond donors (Lipinski definition) is 1. The molecule has 1 aromatic heterocycles. The number of ether oxygens (including phenoxy) is 1. The zero-order chi connectivity index (χ0) is 13.7. The van der Waals surface area contributed by atoms with E-state index in [1.165, 1.54) is 13.4 Å². The van der Waals surface area contributed by atoms with Gasteiger partial charge in [0.05, 0.1) is 12.9 Å². The van der Waals surface area contributed by atoms with Gasteiger partial charge in [-0.1, -0.05) is 23.2 Å². The van der Waals surface area contributed by atoms with Crippen LogP contribution in [0.15, 0.2) is 11.1 Å². The highest BCUT2D eigenvalue weighted by Crippen LogP contribution is 2.12. The molecular formula is C10H13Cl2N3O3. The number of hydrogen-bond acceptors (Lipinski definition) is 4. The minimum Gasteiger partial charge on any atom is -0.383 e. The minimum absolute atomic E-state index is 0.0777. The summed E-state index contributed by atoms with van der Waals surface area (Å²) in [6.45, 7) is 2.01. The molecule has 8 heteroatoms. The number of nitrogens with one attached hydrogen (secondary N) is 1. The standard InChI is InChI=1S/C10H13Cl2N3O3/c1-6(4-18-2)14-7(16)3-15-5-13-9(12)8(11)10(15)17/h5-6H,3-4H2,1-2H3,(H,14,16). The average molecular weight is 294 g/mol. The van der Waals surface area contributed by atoms with Gasteiger partial charge in [0.2, 0.25) is 5.91 Å². The molecule has 0 aromatic carbocycles. The van der Waals surface area contributed by atoms with Gasteiger partial charge in [0.1, 0.15) is 11.6 Å². The first-order valence-corrected chi connectivity index (χ1v) is 5.90. The zero-order valence-corrected chi connectivity index (χ0v) is 11.5. The summed E-state index contributed by atoms with van der Waals surface area (Å²) >= 11 is 11.2. The molecule has 0 bridgehead atoms. The molecule has 6 nitrogen and oxygen atoms in total. The number of halogens is 2. The average Bonchev–Trinajstić information content (AvgIpc) is 2.30. The van der Waals surface area contributed by atoms with Crippen LogP contribution in [0.1, 0.15) is 6.92 Å². The van der Waals surface area contributed by atoms with Crippen LogP contribution in [-0.2, 0) is 16.1 Å². The van der Waals surface area contributed by atoms with E-state index in [9.17, 15) is 9.59 Å². The number of nitrogens with zero attached hydrogens (tertiary/aromatic N) is 2. The van der Waals surface area contributed by atoms with E-state index < -0.39 is 5.56 Å². The molecular weight excluding hydrogens is 281 g/mol. The van der Waals surface area contributed by atoms with Crippen LogP contribution in [0.2, 0.25) is 10.2 Å². The molecule has 1 atom stereocenters. The van der Waals surface area contributed by atoms with Crippen LogP contribution in [0.5, 0.6) is 0 Å². The number of amides is 1. The van der Waals surface area contributed by atoms with Crippen LogP contribution in [0.4, 0.5) is 0 Å². The van der Waals surface area contributed by atoms with Crippen LogP contribution in [0.3, 0.4) is 0 Å². The number of methoxy groups -OCH3 is 1. The maximum Gasteiger partial charge on any atom is 0.274 e. The molecule has 1 amide bonds. The number of aromatic nitrogens is 2. The van der Waals surface area contributed by atoms with E-state index in [0.29, 0.717) is 6.61 Å². The van der Waals surface area contributed by atoms with E-state index >= 15 is 0 Å². The highest BCUT2D eigenvalue weighted by molar-refractivity contribution is 6.40. The first-order valence-electron chi connectivity index (χ1n) is 5.14. The molecule has 18 heavy (non-hydrogen) atoms. The third-order valence-electron chi connectivity index (χ3n) is 2.08. The lowest BCUT2D eigenvalue weighted by Crippen LogP contribution is -2.39. The van der Waals surface area contributed by atoms with Gasteiger partial charge in [0, 0.05) is 13.2 Å². The smallest absolute Gasteiger partial charge is 0.274 e. The summed E-state index contributed by atoms with van der Waals surface area (Å²) in [5, 5.41) is 2.39. The Labute approximate surface area is 114 Å². The van der Waals surface area contributed by atoms with Gasteiger partial charge in [-0.15, -0.1) is 0 Å². The summed E-state index contributed by atoms with van der Waals surface area (Å²) in [5.74, 6) is -0.332. The van der Waals surface area contributed by atoms with E-state index in [1.807, 2.05) is 0 Å². The Balaban J connectivity index is 2.71. The first-order chi connectivity index (χ1) is 8.45. The summed E-state index contributed by atoms with van der Waals surface area (Å²) in [6, 6.07) is -0.145. The SMILES string of the molecule is COCC(C)NC(=O)Cn1cnc(Cl)c(Cl)c1=O. The Morgan fingerprint density at radius 1 is 1.61 bits per heavy atom. The van der Waals surface area contributed by atoms with E-state index in [0.717, 1.165) is 4.57 Å². The Morgan fingerprint density at radius 3 is 2.89 bits per heavy atom. The van der Waals surface area contributed by atoms with E-state index in [2.05, 4.69) is 10.3 Å². The molecule has 0 spiro atoms. The molecule has 0 radical (unpaired) electrons. The molecule has 0 saturated carbocycles. The highest BCUT2D eigenvalue weighted by atomic mass is 35.5. The second-order valence-electron chi connectivity index (χ2n) is 3.71. The minimum atomic E-state index is -0.550. The van der Waals surface area contributed by atoms with Crippen molar-refractivity contribution in [2.24, 2.45) is 0 Å². The second-order valence-corrected chi connectivity index (χ2v) is 4.44. The number of rotatable bonds is 5. The van der Waals surface area contributed by atoms with Crippen molar-refractivity contribution in [3.63, 3.8) is 0 Å². The molecule has 0 aliphatic carbocycles. The summed E-state index contributed by atoms with van der Waals surface area (Å²) in [7, 11) is 1.54. The van der Waals surface area contributed by atoms with Crippen molar-refractivity contribution in [2.45, 2.75) is 19.5 Å². The molecule has 0 aliphatic heterocycles. The summed E-state index contributed by atoms with van der Waals surface area (Å²) < 4.78 is 5.97. The summed E-state index contributed by atoms with van der Waals surface area (Å²) in [5.41, 5.74) is -0.550. The van der Waals surface area contributed by atoms with Crippen molar-refractivity contribution in [3.05, 3.63) is 26.9 Å². The normalized spacial score (nSPS) is 12.2. The van der Waals surface area contributed by atoms with Crippen molar-refractivity contribution in [1.29, 1.82) is 0 Å². The van der Waals surface area contributed by atoms with Gasteiger partial charge in [-0.3, -0.25) is 14.2 Å². The molecule has 100 valence electrons. The molecule has 1 aromatic rings. The first kappa shape index (κ1) is 14.9. The molecule has 1 N–H and O–H groups in total. The topological polar surface area (TPSA) is 73.2 Å². The lowest BCUT2D eigenvalue weighted by atomic mass is 10.3. The fraction of sp³-hybridized carbons (Fsp3) is 0.500. The largest absolute Gasteiger partial charge is 0.383 e. The Kier molecular flexibility index (Phi) is 5.58. The predicted molar refractivity (Wildman–Crippen MR) is 68.0 cm³/mol. The predicted octanol–water partition coefficient (Wildman–Crippen LogP) is 0.701. The van der Waals surface area contributed by atoms with E-state index in [1.54, 1.807) is 6.92 Å². The van der Waals surface area contributed by atoms with Crippen molar-refractivity contribution in [2.75, 3.05) is 13.7 Å². The lowest BCUT2D eigenvalue weighted by molar-refractivity contribution is -0.122. The lowest BCUT2D eigenvalue weighted by Gasteiger charge is -2.13. The molecule has 1 rings (SSSR count). The van der Waals surface area contributed by atoms with Gasteiger partial charge < -0.3 is 10.1 Å². The quantitative estimate of drug-likeness (QED) is 0.811. The Bertz CT molecular complexity index is 490. The maximum absolute atomic E-state index is 11.6. The van der Waals surface area contributed by atoms with Gasteiger partial charge >= 0.3 is 0 Å². The van der Waals surface area contributed by atoms with E-state index in [-0.39, 0.29) is 28.7 Å². The molecule has 0 fully saturated rings. The summed E-state index contributed by atoms with van der Waals surface area (Å²) in [4.78, 5) is 27.0. The van der Waals surface area contributed by atoms with Crippen LogP contribution < -0.4 is 10.9 Å². The Hall–Kier alpha value is -1.11. The molecule has 1 heterocycles. The van der Waals surface area contributed by atoms with Gasteiger partial charge in [-0.2, -0.15) is 0 Å². The van der Waals surface area contributed by atoms with Crippen LogP contribution in [0.25, 0.3) is 0 Å². The van der Waals surface area contributed by atoms with E-state index in [4.69, 9.17) is 27.9 Å². The summed E-state index contributed by atoms with van der Waals surface area (Å²) in [6.07, 6.45) is 1.18. The molecule has 0 saturated heterocycles. The zero-order valence-electron chi connectivity index (χ0n) is 9.94.